The van der Waals surface area contributed by atoms with Gasteiger partial charge in [0.25, 0.3) is 0 Å². The smallest absolute Gasteiger partial charge is 0.232 e. The first-order chi connectivity index (χ1) is 21.3. The number of nitrogens with zero attached hydrogens (tertiary/aromatic N) is 2. The van der Waals surface area contributed by atoms with Crippen molar-refractivity contribution in [3.63, 3.8) is 0 Å². The standard InChI is InChI=1S/C40H77N2O.ClH/c1-3-5-7-9-11-13-15-17-19-21-23-25-27-29-31-33-36-42(38-39-43)37-35-41-40(42)34-32-30-28-26-24-22-20-18-16-14-12-10-8-6-4-2;/h32,34-35,37,43H,3-31,33,36,38-39H2,1-2H3;1H/q+1;/p-1. The maximum atomic E-state index is 9.82. The van der Waals surface area contributed by atoms with Gasteiger partial charge in [0.15, 0.2) is 0 Å². The van der Waals surface area contributed by atoms with Gasteiger partial charge < -0.3 is 17.5 Å². The zero-order chi connectivity index (χ0) is 30.9. The molecule has 1 aliphatic rings. The fourth-order valence-corrected chi connectivity index (χ4v) is 6.70. The molecule has 0 aromatic heterocycles. The van der Waals surface area contributed by atoms with Crippen LogP contribution in [0.5, 0.6) is 0 Å². The fourth-order valence-electron chi connectivity index (χ4n) is 6.70. The summed E-state index contributed by atoms with van der Waals surface area (Å²) in [6.07, 6.45) is 50.6. The number of aliphatic hydroxyl groups excluding tert-OH is 1. The van der Waals surface area contributed by atoms with E-state index in [1.807, 2.05) is 6.20 Å². The highest BCUT2D eigenvalue weighted by Gasteiger charge is 2.32. The molecule has 0 saturated carbocycles. The van der Waals surface area contributed by atoms with Crippen molar-refractivity contribution < 1.29 is 22.0 Å². The first kappa shape index (κ1) is 43.4. The predicted octanol–water partition coefficient (Wildman–Crippen LogP) is 9.98. The van der Waals surface area contributed by atoms with Crippen molar-refractivity contribution in [3.05, 3.63) is 24.6 Å². The molecule has 0 spiro atoms. The summed E-state index contributed by atoms with van der Waals surface area (Å²) in [5, 5.41) is 9.82. The molecule has 1 N–H and O–H groups in total. The molecule has 3 nitrogen and oxygen atoms in total. The van der Waals surface area contributed by atoms with E-state index in [0.29, 0.717) is 0 Å². The van der Waals surface area contributed by atoms with Gasteiger partial charge >= 0.3 is 0 Å². The maximum absolute atomic E-state index is 9.82. The summed E-state index contributed by atoms with van der Waals surface area (Å²) in [5.41, 5.74) is 0. The molecule has 1 atom stereocenters. The molecule has 0 saturated heterocycles. The summed E-state index contributed by atoms with van der Waals surface area (Å²) in [7, 11) is 0. The van der Waals surface area contributed by atoms with E-state index in [9.17, 15) is 5.11 Å². The first-order valence-electron chi connectivity index (χ1n) is 19.7. The van der Waals surface area contributed by atoms with Crippen LogP contribution in [-0.4, -0.2) is 35.1 Å². The Kier molecular flexibility index (Phi) is 33.2. The van der Waals surface area contributed by atoms with E-state index in [4.69, 9.17) is 4.99 Å². The molecule has 260 valence electrons. The van der Waals surface area contributed by atoms with Crippen LogP contribution < -0.4 is 12.4 Å². The SMILES string of the molecule is CCCCCCCCCCCCCCCC=CC1=NC=C[N+]1(CCO)CCCCCCCCCCCCCCCCCC.[Cl-]. The Labute approximate surface area is 282 Å². The minimum atomic E-state index is 0. The van der Waals surface area contributed by atoms with Crippen LogP contribution in [0.1, 0.15) is 206 Å². The molecule has 0 aliphatic carbocycles. The van der Waals surface area contributed by atoms with Gasteiger partial charge in [0.2, 0.25) is 5.84 Å². The molecule has 1 aliphatic heterocycles. The Bertz CT molecular complexity index is 676. The molecule has 4 heteroatoms. The second-order valence-electron chi connectivity index (χ2n) is 13.7. The third-order valence-corrected chi connectivity index (χ3v) is 9.67. The van der Waals surface area contributed by atoms with Crippen molar-refractivity contribution in [1.29, 1.82) is 0 Å². The minimum Gasteiger partial charge on any atom is -1.00 e. The summed E-state index contributed by atoms with van der Waals surface area (Å²) in [4.78, 5) is 4.71. The van der Waals surface area contributed by atoms with Crippen LogP contribution in [-0.2, 0) is 0 Å². The predicted molar refractivity (Wildman–Crippen MR) is 193 cm³/mol. The number of rotatable bonds is 34. The van der Waals surface area contributed by atoms with E-state index in [-0.39, 0.29) is 19.0 Å². The average molecular weight is 638 g/mol. The van der Waals surface area contributed by atoms with Crippen molar-refractivity contribution in [2.75, 3.05) is 19.7 Å². The van der Waals surface area contributed by atoms with Gasteiger partial charge in [0.1, 0.15) is 12.7 Å². The molecule has 0 fully saturated rings. The zero-order valence-electron chi connectivity index (χ0n) is 29.9. The lowest BCUT2D eigenvalue weighted by Gasteiger charge is -2.30. The number of aliphatic hydroxyl groups is 1. The van der Waals surface area contributed by atoms with E-state index in [0.717, 1.165) is 29.8 Å². The van der Waals surface area contributed by atoms with Crippen LogP contribution in [0, 0.1) is 0 Å². The van der Waals surface area contributed by atoms with Gasteiger partial charge in [-0.05, 0) is 25.7 Å². The highest BCUT2D eigenvalue weighted by atomic mass is 35.5. The topological polar surface area (TPSA) is 32.6 Å². The summed E-state index contributed by atoms with van der Waals surface area (Å²) in [5.74, 6) is 1.13. The number of hydrogen-bond acceptors (Lipinski definition) is 2. The van der Waals surface area contributed by atoms with Crippen molar-refractivity contribution in [2.24, 2.45) is 4.99 Å². The lowest BCUT2D eigenvalue weighted by molar-refractivity contribution is -0.786. The van der Waals surface area contributed by atoms with E-state index >= 15 is 0 Å². The molecular weight excluding hydrogens is 560 g/mol. The lowest BCUT2D eigenvalue weighted by Crippen LogP contribution is -3.00. The van der Waals surface area contributed by atoms with Crippen molar-refractivity contribution >= 4 is 5.84 Å². The summed E-state index contributed by atoms with van der Waals surface area (Å²) >= 11 is 0. The van der Waals surface area contributed by atoms with Gasteiger partial charge in [-0.3, -0.25) is 0 Å². The van der Waals surface area contributed by atoms with Crippen LogP contribution in [0.2, 0.25) is 0 Å². The highest BCUT2D eigenvalue weighted by Crippen LogP contribution is 2.21. The number of allylic oxidation sites excluding steroid dienone is 1. The number of hydrogen-bond donors (Lipinski definition) is 1. The number of halogens is 1. The highest BCUT2D eigenvalue weighted by molar-refractivity contribution is 5.89. The van der Waals surface area contributed by atoms with Gasteiger partial charge in [-0.1, -0.05) is 187 Å². The van der Waals surface area contributed by atoms with Crippen LogP contribution >= 0.6 is 0 Å². The summed E-state index contributed by atoms with van der Waals surface area (Å²) < 4.78 is 0.740. The fraction of sp³-hybridized carbons (Fsp3) is 0.875. The van der Waals surface area contributed by atoms with Gasteiger partial charge in [0, 0.05) is 6.08 Å². The molecular formula is C40H77ClN2O. The molecule has 0 aromatic carbocycles. The Morgan fingerprint density at radius 2 is 0.886 bits per heavy atom. The minimum absolute atomic E-state index is 0. The van der Waals surface area contributed by atoms with Gasteiger partial charge in [-0.15, -0.1) is 0 Å². The molecule has 0 bridgehead atoms. The van der Waals surface area contributed by atoms with Crippen LogP contribution in [0.25, 0.3) is 0 Å². The summed E-state index contributed by atoms with van der Waals surface area (Å²) in [6, 6.07) is 0. The van der Waals surface area contributed by atoms with Crippen LogP contribution in [0.3, 0.4) is 0 Å². The quantitative estimate of drug-likeness (QED) is 0.0553. The van der Waals surface area contributed by atoms with Crippen molar-refractivity contribution in [2.45, 2.75) is 206 Å². The first-order valence-corrected chi connectivity index (χ1v) is 19.7. The third-order valence-electron chi connectivity index (χ3n) is 9.67. The monoisotopic (exact) mass is 637 g/mol. The normalized spacial score (nSPS) is 16.2. The molecule has 1 heterocycles. The number of amidine groups is 1. The Morgan fingerprint density at radius 1 is 0.523 bits per heavy atom. The Balaban J connectivity index is 0.0000185. The average Bonchev–Trinajstić information content (AvgIpc) is 3.41. The number of quaternary nitrogens is 1. The Morgan fingerprint density at radius 3 is 1.27 bits per heavy atom. The summed E-state index contributed by atoms with van der Waals surface area (Å²) in [6.45, 7) is 6.63. The molecule has 1 rings (SSSR count). The lowest BCUT2D eigenvalue weighted by atomic mass is 10.0. The van der Waals surface area contributed by atoms with Crippen LogP contribution in [0.4, 0.5) is 0 Å². The van der Waals surface area contributed by atoms with E-state index in [1.165, 1.54) is 186 Å². The maximum Gasteiger partial charge on any atom is 0.232 e. The largest absolute Gasteiger partial charge is 1.00 e. The van der Waals surface area contributed by atoms with E-state index in [1.54, 1.807) is 0 Å². The molecule has 0 radical (unpaired) electrons. The third kappa shape index (κ3) is 24.6. The number of aliphatic imine (C=N–C) groups is 1. The van der Waals surface area contributed by atoms with Gasteiger partial charge in [0.05, 0.1) is 19.4 Å². The molecule has 44 heavy (non-hydrogen) atoms. The zero-order valence-corrected chi connectivity index (χ0v) is 30.6. The van der Waals surface area contributed by atoms with E-state index < -0.39 is 0 Å². The number of unbranched alkanes of at least 4 members (excludes halogenated alkanes) is 28. The van der Waals surface area contributed by atoms with E-state index in [2.05, 4.69) is 32.2 Å². The molecule has 0 amide bonds. The second kappa shape index (κ2) is 33.7. The van der Waals surface area contributed by atoms with Crippen molar-refractivity contribution in [1.82, 2.24) is 0 Å². The van der Waals surface area contributed by atoms with Crippen LogP contribution in [0.15, 0.2) is 29.5 Å². The molecule has 0 aromatic rings. The molecule has 1 unspecified atom stereocenters. The van der Waals surface area contributed by atoms with Gasteiger partial charge in [-0.25, -0.2) is 4.48 Å². The van der Waals surface area contributed by atoms with Gasteiger partial charge in [-0.2, -0.15) is 4.99 Å². The second-order valence-corrected chi connectivity index (χ2v) is 13.7. The Hall–Kier alpha value is -0.640. The van der Waals surface area contributed by atoms with Crippen molar-refractivity contribution in [3.8, 4) is 0 Å².